The average Bonchev–Trinajstić information content (AvgIpc) is 2.82. The van der Waals surface area contributed by atoms with E-state index in [0.717, 1.165) is 18.5 Å². The van der Waals surface area contributed by atoms with E-state index in [9.17, 15) is 0 Å². The molecule has 0 N–H and O–H groups in total. The van der Waals surface area contributed by atoms with Gasteiger partial charge in [-0.3, -0.25) is 0 Å². The van der Waals surface area contributed by atoms with Crippen molar-refractivity contribution in [3.63, 3.8) is 0 Å². The van der Waals surface area contributed by atoms with Crippen LogP contribution in [0, 0.1) is 0 Å². The fraction of sp³-hybridized carbons (Fsp3) is 0.357. The molecule has 0 saturated heterocycles. The first-order valence-electron chi connectivity index (χ1n) is 5.97. The maximum absolute atomic E-state index is 5.83. The van der Waals surface area contributed by atoms with E-state index in [-0.39, 0.29) is 0 Å². The normalized spacial score (nSPS) is 23.3. The van der Waals surface area contributed by atoms with Gasteiger partial charge in [0.15, 0.2) is 0 Å². The highest BCUT2D eigenvalue weighted by atomic mass is 16.5. The summed E-state index contributed by atoms with van der Waals surface area (Å²) in [6, 6.07) is 12.2. The predicted molar refractivity (Wildman–Crippen MR) is 63.5 cm³/mol. The topological polar surface area (TPSA) is 35.3 Å². The van der Waals surface area contributed by atoms with Crippen molar-refractivity contribution < 1.29 is 9.26 Å². The minimum absolute atomic E-state index is 0.372. The first-order valence-corrected chi connectivity index (χ1v) is 5.97. The van der Waals surface area contributed by atoms with Gasteiger partial charge in [-0.25, -0.2) is 0 Å². The minimum Gasteiger partial charge on any atom is -0.373 e. The Morgan fingerprint density at radius 1 is 1.18 bits per heavy atom. The fourth-order valence-electron chi connectivity index (χ4n) is 2.16. The van der Waals surface area contributed by atoms with Crippen molar-refractivity contribution in [2.45, 2.75) is 31.5 Å². The van der Waals surface area contributed by atoms with Crippen LogP contribution in [0.2, 0.25) is 0 Å². The third-order valence-electron chi connectivity index (χ3n) is 3.30. The van der Waals surface area contributed by atoms with Crippen LogP contribution in [0.1, 0.15) is 30.0 Å². The largest absolute Gasteiger partial charge is 0.373 e. The molecule has 3 rings (SSSR count). The molecule has 0 aliphatic heterocycles. The van der Waals surface area contributed by atoms with Gasteiger partial charge in [0.1, 0.15) is 6.26 Å². The molecule has 2 aromatic rings. The molecule has 1 aromatic heterocycles. The van der Waals surface area contributed by atoms with E-state index >= 15 is 0 Å². The van der Waals surface area contributed by atoms with E-state index in [1.807, 2.05) is 24.3 Å². The Hall–Kier alpha value is -1.61. The van der Waals surface area contributed by atoms with Gasteiger partial charge in [0, 0.05) is 12.0 Å². The van der Waals surface area contributed by atoms with E-state index < -0.39 is 0 Å². The Morgan fingerprint density at radius 2 is 2.00 bits per heavy atom. The summed E-state index contributed by atoms with van der Waals surface area (Å²) in [6.45, 7) is 0.705. The van der Waals surface area contributed by atoms with E-state index in [0.29, 0.717) is 18.6 Å². The Bertz CT molecular complexity index is 446. The van der Waals surface area contributed by atoms with Crippen molar-refractivity contribution in [2.75, 3.05) is 0 Å². The Labute approximate surface area is 100 Å². The lowest BCUT2D eigenvalue weighted by Gasteiger charge is -2.33. The molecule has 0 spiro atoms. The molecule has 0 atom stereocenters. The van der Waals surface area contributed by atoms with Crippen molar-refractivity contribution in [3.8, 4) is 0 Å². The van der Waals surface area contributed by atoms with E-state index in [2.05, 4.69) is 17.3 Å². The SMILES string of the molecule is c1ccc(CO[C@H]2C[C@H](c3ccon3)C2)cc1. The minimum atomic E-state index is 0.372. The molecule has 3 nitrogen and oxygen atoms in total. The zero-order chi connectivity index (χ0) is 11.5. The lowest BCUT2D eigenvalue weighted by atomic mass is 9.80. The molecule has 3 heteroatoms. The van der Waals surface area contributed by atoms with Crippen LogP contribution in [-0.2, 0) is 11.3 Å². The highest BCUT2D eigenvalue weighted by molar-refractivity contribution is 5.14. The van der Waals surface area contributed by atoms with Crippen LogP contribution in [-0.4, -0.2) is 11.3 Å². The van der Waals surface area contributed by atoms with Crippen LogP contribution in [0.4, 0.5) is 0 Å². The summed E-state index contributed by atoms with van der Waals surface area (Å²) in [4.78, 5) is 0. The molecule has 17 heavy (non-hydrogen) atoms. The van der Waals surface area contributed by atoms with E-state index in [4.69, 9.17) is 9.26 Å². The van der Waals surface area contributed by atoms with Crippen LogP contribution in [0.5, 0.6) is 0 Å². The summed E-state index contributed by atoms with van der Waals surface area (Å²) in [5.74, 6) is 0.523. The quantitative estimate of drug-likeness (QED) is 0.807. The number of hydrogen-bond acceptors (Lipinski definition) is 3. The second kappa shape index (κ2) is 4.72. The van der Waals surface area contributed by atoms with Crippen LogP contribution in [0.15, 0.2) is 47.2 Å². The van der Waals surface area contributed by atoms with Crippen LogP contribution >= 0.6 is 0 Å². The third-order valence-corrected chi connectivity index (χ3v) is 3.30. The monoisotopic (exact) mass is 229 g/mol. The van der Waals surface area contributed by atoms with Crippen molar-refractivity contribution in [1.82, 2.24) is 5.16 Å². The highest BCUT2D eigenvalue weighted by Gasteiger charge is 2.32. The van der Waals surface area contributed by atoms with Crippen molar-refractivity contribution >= 4 is 0 Å². The van der Waals surface area contributed by atoms with Gasteiger partial charge in [-0.1, -0.05) is 35.5 Å². The van der Waals surface area contributed by atoms with E-state index in [1.54, 1.807) is 6.26 Å². The lowest BCUT2D eigenvalue weighted by molar-refractivity contribution is -0.0219. The second-order valence-electron chi connectivity index (χ2n) is 4.51. The zero-order valence-corrected chi connectivity index (χ0v) is 9.58. The van der Waals surface area contributed by atoms with Crippen molar-refractivity contribution in [1.29, 1.82) is 0 Å². The third kappa shape index (κ3) is 2.39. The summed E-state index contributed by atoms with van der Waals surface area (Å²) in [5, 5.41) is 3.96. The number of benzene rings is 1. The predicted octanol–water partition coefficient (Wildman–Crippen LogP) is 3.14. The molecule has 1 aliphatic carbocycles. The molecule has 1 heterocycles. The summed E-state index contributed by atoms with van der Waals surface area (Å²) in [6.07, 6.45) is 4.11. The van der Waals surface area contributed by atoms with Gasteiger partial charge in [0.25, 0.3) is 0 Å². The smallest absolute Gasteiger partial charge is 0.124 e. The first-order chi connectivity index (χ1) is 8.42. The summed E-state index contributed by atoms with van der Waals surface area (Å²) < 4.78 is 10.7. The molecule has 0 unspecified atom stereocenters. The van der Waals surface area contributed by atoms with Crippen LogP contribution < -0.4 is 0 Å². The van der Waals surface area contributed by atoms with Gasteiger partial charge in [-0.05, 0) is 18.4 Å². The summed E-state index contributed by atoms with van der Waals surface area (Å²) >= 11 is 0. The van der Waals surface area contributed by atoms with E-state index in [1.165, 1.54) is 5.56 Å². The summed E-state index contributed by atoms with van der Waals surface area (Å²) in [5.41, 5.74) is 2.29. The van der Waals surface area contributed by atoms with Gasteiger partial charge in [0.05, 0.1) is 18.4 Å². The first kappa shape index (κ1) is 10.5. The Kier molecular flexibility index (Phi) is 2.92. The highest BCUT2D eigenvalue weighted by Crippen LogP contribution is 2.38. The Morgan fingerprint density at radius 3 is 2.71 bits per heavy atom. The summed E-state index contributed by atoms with van der Waals surface area (Å²) in [7, 11) is 0. The zero-order valence-electron chi connectivity index (χ0n) is 9.58. The lowest BCUT2D eigenvalue weighted by Crippen LogP contribution is -2.29. The van der Waals surface area contributed by atoms with Gasteiger partial charge in [-0.2, -0.15) is 0 Å². The fourth-order valence-corrected chi connectivity index (χ4v) is 2.16. The van der Waals surface area contributed by atoms with Crippen LogP contribution in [0.3, 0.4) is 0 Å². The number of rotatable bonds is 4. The average molecular weight is 229 g/mol. The van der Waals surface area contributed by atoms with Gasteiger partial charge in [0.2, 0.25) is 0 Å². The second-order valence-corrected chi connectivity index (χ2v) is 4.51. The molecule has 1 fully saturated rings. The molecule has 88 valence electrons. The molecular formula is C14H15NO2. The van der Waals surface area contributed by atoms with Gasteiger partial charge in [-0.15, -0.1) is 0 Å². The van der Waals surface area contributed by atoms with Crippen molar-refractivity contribution in [2.24, 2.45) is 0 Å². The maximum Gasteiger partial charge on any atom is 0.124 e. The van der Waals surface area contributed by atoms with Gasteiger partial charge >= 0.3 is 0 Å². The molecule has 0 bridgehead atoms. The molecule has 1 aromatic carbocycles. The number of aromatic nitrogens is 1. The molecule has 1 aliphatic rings. The van der Waals surface area contributed by atoms with Gasteiger partial charge < -0.3 is 9.26 Å². The molecular weight excluding hydrogens is 214 g/mol. The number of ether oxygens (including phenoxy) is 1. The van der Waals surface area contributed by atoms with Crippen LogP contribution in [0.25, 0.3) is 0 Å². The molecule has 1 saturated carbocycles. The maximum atomic E-state index is 5.83. The Balaban J connectivity index is 1.45. The molecule has 0 amide bonds. The standard InChI is InChI=1S/C14H15NO2/c1-2-4-11(5-3-1)10-16-13-8-12(9-13)14-6-7-17-15-14/h1-7,12-13H,8-10H2/t12-,13-. The molecule has 0 radical (unpaired) electrons. The number of nitrogens with zero attached hydrogens (tertiary/aromatic N) is 1. The van der Waals surface area contributed by atoms with Crippen molar-refractivity contribution in [3.05, 3.63) is 53.9 Å². The number of hydrogen-bond donors (Lipinski definition) is 0.